The molecule has 1 fully saturated rings. The second-order valence-electron chi connectivity index (χ2n) is 3.48. The highest BCUT2D eigenvalue weighted by atomic mass is 32.2. The minimum atomic E-state index is 0.880. The van der Waals surface area contributed by atoms with Crippen molar-refractivity contribution in [1.82, 2.24) is 5.32 Å². The number of rotatable bonds is 3. The van der Waals surface area contributed by atoms with Crippen molar-refractivity contribution in [2.75, 3.05) is 18.8 Å². The van der Waals surface area contributed by atoms with Gasteiger partial charge >= 0.3 is 0 Å². The van der Waals surface area contributed by atoms with Crippen molar-refractivity contribution >= 4 is 11.8 Å². The highest BCUT2D eigenvalue weighted by molar-refractivity contribution is 7.99. The Kier molecular flexibility index (Phi) is 3.27. The molecule has 1 nitrogen and oxygen atoms in total. The highest BCUT2D eigenvalue weighted by Crippen LogP contribution is 2.22. The van der Waals surface area contributed by atoms with Gasteiger partial charge in [0, 0.05) is 10.6 Å². The number of nitrogens with one attached hydrogen (secondary N) is 1. The third-order valence-corrected chi connectivity index (χ3v) is 3.63. The Bertz CT molecular complexity index is 242. The molecule has 1 atom stereocenters. The van der Waals surface area contributed by atoms with Crippen molar-refractivity contribution in [1.29, 1.82) is 0 Å². The third-order valence-electron chi connectivity index (χ3n) is 2.39. The van der Waals surface area contributed by atoms with Gasteiger partial charge in [-0.05, 0) is 37.6 Å². The van der Waals surface area contributed by atoms with Crippen molar-refractivity contribution in [3.8, 4) is 0 Å². The molecule has 0 unspecified atom stereocenters. The molecule has 0 saturated carbocycles. The van der Waals surface area contributed by atoms with Gasteiger partial charge in [-0.1, -0.05) is 18.2 Å². The smallest absolute Gasteiger partial charge is 0.00720 e. The lowest BCUT2D eigenvalue weighted by Crippen LogP contribution is -2.10. The van der Waals surface area contributed by atoms with Gasteiger partial charge in [0.1, 0.15) is 0 Å². The topological polar surface area (TPSA) is 12.0 Å². The molecule has 0 spiro atoms. The minimum Gasteiger partial charge on any atom is -0.316 e. The monoisotopic (exact) mass is 193 g/mol. The van der Waals surface area contributed by atoms with Crippen LogP contribution in [0, 0.1) is 5.92 Å². The molecule has 1 aromatic rings. The molecule has 2 heteroatoms. The largest absolute Gasteiger partial charge is 0.316 e. The first-order chi connectivity index (χ1) is 6.45. The van der Waals surface area contributed by atoms with Crippen molar-refractivity contribution < 1.29 is 0 Å². The third kappa shape index (κ3) is 2.75. The first kappa shape index (κ1) is 9.10. The summed E-state index contributed by atoms with van der Waals surface area (Å²) in [6, 6.07) is 10.7. The normalized spacial score (nSPS) is 22.0. The second-order valence-corrected chi connectivity index (χ2v) is 4.58. The zero-order valence-corrected chi connectivity index (χ0v) is 8.52. The predicted octanol–water partition coefficient (Wildman–Crippen LogP) is 2.39. The fourth-order valence-electron chi connectivity index (χ4n) is 1.59. The summed E-state index contributed by atoms with van der Waals surface area (Å²) in [7, 11) is 0. The summed E-state index contributed by atoms with van der Waals surface area (Å²) in [5, 5.41) is 3.40. The molecule has 70 valence electrons. The maximum absolute atomic E-state index is 3.40. The van der Waals surface area contributed by atoms with E-state index in [1.165, 1.54) is 30.2 Å². The van der Waals surface area contributed by atoms with Gasteiger partial charge in [0.25, 0.3) is 0 Å². The summed E-state index contributed by atoms with van der Waals surface area (Å²) in [5.74, 6) is 2.14. The summed E-state index contributed by atoms with van der Waals surface area (Å²) in [6.07, 6.45) is 1.35. The average Bonchev–Trinajstić information content (AvgIpc) is 2.69. The van der Waals surface area contributed by atoms with Gasteiger partial charge in [-0.2, -0.15) is 0 Å². The summed E-state index contributed by atoms with van der Waals surface area (Å²) in [4.78, 5) is 1.40. The van der Waals surface area contributed by atoms with Crippen LogP contribution in [0.25, 0.3) is 0 Å². The first-order valence-corrected chi connectivity index (χ1v) is 5.82. The van der Waals surface area contributed by atoms with Gasteiger partial charge in [-0.3, -0.25) is 0 Å². The van der Waals surface area contributed by atoms with E-state index in [4.69, 9.17) is 0 Å². The van der Waals surface area contributed by atoms with Crippen LogP contribution in [0.3, 0.4) is 0 Å². The van der Waals surface area contributed by atoms with E-state index in [0.29, 0.717) is 0 Å². The lowest BCUT2D eigenvalue weighted by molar-refractivity contribution is 0.663. The van der Waals surface area contributed by atoms with Crippen molar-refractivity contribution in [2.45, 2.75) is 11.3 Å². The Hall–Kier alpha value is -0.470. The summed E-state index contributed by atoms with van der Waals surface area (Å²) in [6.45, 7) is 2.42. The van der Waals surface area contributed by atoms with Crippen LogP contribution >= 0.6 is 11.8 Å². The van der Waals surface area contributed by atoms with E-state index < -0.39 is 0 Å². The standard InChI is InChI=1S/C11H15NS/c1-2-4-11(5-3-1)13-9-10-6-7-12-8-10/h1-5,10,12H,6-9H2/t10-/m1/s1. The van der Waals surface area contributed by atoms with Gasteiger partial charge in [0.2, 0.25) is 0 Å². The van der Waals surface area contributed by atoms with E-state index in [-0.39, 0.29) is 0 Å². The first-order valence-electron chi connectivity index (χ1n) is 4.84. The van der Waals surface area contributed by atoms with Gasteiger partial charge in [0.05, 0.1) is 0 Å². The van der Waals surface area contributed by atoms with Gasteiger partial charge in [-0.15, -0.1) is 11.8 Å². The second kappa shape index (κ2) is 4.68. The quantitative estimate of drug-likeness (QED) is 0.740. The molecule has 13 heavy (non-hydrogen) atoms. The Morgan fingerprint density at radius 2 is 2.15 bits per heavy atom. The SMILES string of the molecule is c1ccc(SC[C@@H]2CCNC2)cc1. The molecular weight excluding hydrogens is 178 g/mol. The lowest BCUT2D eigenvalue weighted by Gasteiger charge is -2.06. The lowest BCUT2D eigenvalue weighted by atomic mass is 10.2. The fraction of sp³-hybridized carbons (Fsp3) is 0.455. The number of benzene rings is 1. The predicted molar refractivity (Wildman–Crippen MR) is 58.1 cm³/mol. The molecule has 0 aliphatic carbocycles. The molecule has 1 N–H and O–H groups in total. The fourth-order valence-corrected chi connectivity index (χ4v) is 2.65. The summed E-state index contributed by atoms with van der Waals surface area (Å²) >= 11 is 1.98. The summed E-state index contributed by atoms with van der Waals surface area (Å²) < 4.78 is 0. The molecule has 2 rings (SSSR count). The maximum Gasteiger partial charge on any atom is 0.00720 e. The molecule has 0 amide bonds. The van der Waals surface area contributed by atoms with Crippen LogP contribution in [0.1, 0.15) is 6.42 Å². The average molecular weight is 193 g/mol. The van der Waals surface area contributed by atoms with Crippen molar-refractivity contribution in [2.24, 2.45) is 5.92 Å². The zero-order valence-electron chi connectivity index (χ0n) is 7.70. The Morgan fingerprint density at radius 1 is 1.31 bits per heavy atom. The minimum absolute atomic E-state index is 0.880. The molecule has 1 heterocycles. The zero-order chi connectivity index (χ0) is 8.93. The Morgan fingerprint density at radius 3 is 2.85 bits per heavy atom. The molecule has 1 saturated heterocycles. The molecule has 1 aliphatic rings. The van der Waals surface area contributed by atoms with Gasteiger partial charge in [0.15, 0.2) is 0 Å². The van der Waals surface area contributed by atoms with Crippen LogP contribution in [-0.4, -0.2) is 18.8 Å². The van der Waals surface area contributed by atoms with Crippen LogP contribution in [0.5, 0.6) is 0 Å². The van der Waals surface area contributed by atoms with E-state index in [9.17, 15) is 0 Å². The van der Waals surface area contributed by atoms with Gasteiger partial charge < -0.3 is 5.32 Å². The summed E-state index contributed by atoms with van der Waals surface area (Å²) in [5.41, 5.74) is 0. The molecular formula is C11H15NS. The van der Waals surface area contributed by atoms with E-state index in [2.05, 4.69) is 35.6 Å². The Labute approximate surface area is 83.9 Å². The molecule has 0 radical (unpaired) electrons. The maximum atomic E-state index is 3.40. The Balaban J connectivity index is 1.79. The number of thioether (sulfide) groups is 1. The molecule has 1 aliphatic heterocycles. The van der Waals surface area contributed by atoms with E-state index in [0.717, 1.165) is 5.92 Å². The molecule has 0 bridgehead atoms. The van der Waals surface area contributed by atoms with Crippen LogP contribution in [0.2, 0.25) is 0 Å². The van der Waals surface area contributed by atoms with Crippen LogP contribution in [-0.2, 0) is 0 Å². The van der Waals surface area contributed by atoms with E-state index >= 15 is 0 Å². The van der Waals surface area contributed by atoms with E-state index in [1.54, 1.807) is 0 Å². The number of hydrogen-bond acceptors (Lipinski definition) is 2. The van der Waals surface area contributed by atoms with Crippen LogP contribution in [0.15, 0.2) is 35.2 Å². The van der Waals surface area contributed by atoms with Crippen LogP contribution in [0.4, 0.5) is 0 Å². The van der Waals surface area contributed by atoms with Gasteiger partial charge in [-0.25, -0.2) is 0 Å². The highest BCUT2D eigenvalue weighted by Gasteiger charge is 2.13. The number of hydrogen-bond donors (Lipinski definition) is 1. The van der Waals surface area contributed by atoms with E-state index in [1.807, 2.05) is 11.8 Å². The van der Waals surface area contributed by atoms with Crippen LogP contribution < -0.4 is 5.32 Å². The van der Waals surface area contributed by atoms with Crippen molar-refractivity contribution in [3.63, 3.8) is 0 Å². The molecule has 1 aromatic carbocycles. The van der Waals surface area contributed by atoms with Crippen molar-refractivity contribution in [3.05, 3.63) is 30.3 Å². The molecule has 0 aromatic heterocycles.